The van der Waals surface area contributed by atoms with E-state index in [1.807, 2.05) is 0 Å². The highest BCUT2D eigenvalue weighted by molar-refractivity contribution is 7.90. The maximum Gasteiger partial charge on any atom is 0.255 e. The van der Waals surface area contributed by atoms with Crippen LogP contribution in [0.4, 0.5) is 0 Å². The number of fused-ring (bicyclic) bond motifs is 1. The van der Waals surface area contributed by atoms with Gasteiger partial charge >= 0.3 is 0 Å². The van der Waals surface area contributed by atoms with E-state index in [-0.39, 0.29) is 11.7 Å². The summed E-state index contributed by atoms with van der Waals surface area (Å²) in [6, 6.07) is 4.60. The predicted octanol–water partition coefficient (Wildman–Crippen LogP) is -0.113. The van der Waals surface area contributed by atoms with Crippen LogP contribution in [-0.4, -0.2) is 44.6 Å². The topological polar surface area (TPSA) is 92.7 Å². The molecule has 6 nitrogen and oxygen atoms in total. The monoisotopic (exact) mass is 285 g/mol. The number of carbonyl (C=O) groups is 1. The third kappa shape index (κ3) is 3.45. The van der Waals surface area contributed by atoms with Crippen LogP contribution >= 0.6 is 0 Å². The average molecular weight is 285 g/mol. The number of nitrogens with one attached hydrogen (secondary N) is 1. The molecule has 0 saturated carbocycles. The lowest BCUT2D eigenvalue weighted by Gasteiger charge is -2.12. The molecule has 1 heterocycles. The molecule has 1 aromatic rings. The van der Waals surface area contributed by atoms with Crippen molar-refractivity contribution >= 4 is 15.7 Å². The fourth-order valence-electron chi connectivity index (χ4n) is 1.86. The van der Waals surface area contributed by atoms with Gasteiger partial charge in [-0.25, -0.2) is 8.42 Å². The summed E-state index contributed by atoms with van der Waals surface area (Å²) in [6.07, 6.45) is -0.105. The van der Waals surface area contributed by atoms with Gasteiger partial charge in [-0.15, -0.1) is 0 Å². The number of hydrogen-bond acceptors (Lipinski definition) is 5. The molecule has 104 valence electrons. The second kappa shape index (κ2) is 5.18. The molecular formula is C12H15NO5S. The fourth-order valence-corrected chi connectivity index (χ4v) is 2.63. The lowest BCUT2D eigenvalue weighted by molar-refractivity contribution is 0.0957. The van der Waals surface area contributed by atoms with Crippen LogP contribution in [0.2, 0.25) is 0 Å². The summed E-state index contributed by atoms with van der Waals surface area (Å²) >= 11 is 0. The Balaban J connectivity index is 2.32. The molecule has 1 aromatic carbocycles. The van der Waals surface area contributed by atoms with Gasteiger partial charge in [-0.2, -0.15) is 0 Å². The molecule has 0 aliphatic carbocycles. The summed E-state index contributed by atoms with van der Waals surface area (Å²) in [5, 5.41) is 12.5. The Labute approximate surface area is 111 Å². The highest BCUT2D eigenvalue weighted by Crippen LogP contribution is 2.25. The highest BCUT2D eigenvalue weighted by atomic mass is 32.2. The van der Waals surface area contributed by atoms with Crippen molar-refractivity contribution < 1.29 is 23.1 Å². The van der Waals surface area contributed by atoms with Gasteiger partial charge in [-0.1, -0.05) is 6.07 Å². The molecule has 0 spiro atoms. The first-order valence-electron chi connectivity index (χ1n) is 5.77. The molecule has 1 atom stereocenters. The second-order valence-electron chi connectivity index (χ2n) is 4.47. The third-order valence-electron chi connectivity index (χ3n) is 2.74. The van der Waals surface area contributed by atoms with Crippen molar-refractivity contribution in [3.8, 4) is 5.75 Å². The summed E-state index contributed by atoms with van der Waals surface area (Å²) in [6.45, 7) is 0.790. The van der Waals surface area contributed by atoms with Crippen LogP contribution in [0, 0.1) is 0 Å². The standard InChI is InChI=1S/C12H15NO5S/c1-19(16,17)7-10(14)8-2-3-11-9(6-8)12(15)13-4-5-18-11/h2-3,6,10,14H,4-5,7H2,1H3,(H,13,15). The number of benzene rings is 1. The molecule has 1 aliphatic heterocycles. The minimum Gasteiger partial charge on any atom is -0.491 e. The summed E-state index contributed by atoms with van der Waals surface area (Å²) in [4.78, 5) is 11.8. The minimum atomic E-state index is -3.30. The molecule has 1 amide bonds. The summed E-state index contributed by atoms with van der Waals surface area (Å²) in [5.74, 6) is -0.236. The van der Waals surface area contributed by atoms with Crippen molar-refractivity contribution in [2.24, 2.45) is 0 Å². The van der Waals surface area contributed by atoms with Crippen LogP contribution in [0.3, 0.4) is 0 Å². The van der Waals surface area contributed by atoms with E-state index in [1.165, 1.54) is 6.07 Å². The van der Waals surface area contributed by atoms with Gasteiger partial charge < -0.3 is 15.2 Å². The predicted molar refractivity (Wildman–Crippen MR) is 68.9 cm³/mol. The van der Waals surface area contributed by atoms with Crippen LogP contribution in [-0.2, 0) is 9.84 Å². The molecule has 1 aliphatic rings. The first kappa shape index (κ1) is 13.8. The van der Waals surface area contributed by atoms with Crippen molar-refractivity contribution in [2.45, 2.75) is 6.10 Å². The maximum atomic E-state index is 11.8. The highest BCUT2D eigenvalue weighted by Gasteiger charge is 2.20. The molecule has 0 bridgehead atoms. The minimum absolute atomic E-state index is 0.291. The zero-order chi connectivity index (χ0) is 14.0. The quantitative estimate of drug-likeness (QED) is 0.808. The van der Waals surface area contributed by atoms with Gasteiger partial charge in [-0.05, 0) is 17.7 Å². The number of aliphatic hydroxyl groups excluding tert-OH is 1. The molecule has 1 unspecified atom stereocenters. The Morgan fingerprint density at radius 3 is 2.89 bits per heavy atom. The second-order valence-corrected chi connectivity index (χ2v) is 6.65. The molecule has 7 heteroatoms. The van der Waals surface area contributed by atoms with Gasteiger partial charge in [0.2, 0.25) is 0 Å². The van der Waals surface area contributed by atoms with Crippen molar-refractivity contribution in [1.29, 1.82) is 0 Å². The Morgan fingerprint density at radius 2 is 2.21 bits per heavy atom. The van der Waals surface area contributed by atoms with Gasteiger partial charge in [0.25, 0.3) is 5.91 Å². The van der Waals surface area contributed by atoms with E-state index in [0.717, 1.165) is 6.26 Å². The first-order valence-corrected chi connectivity index (χ1v) is 7.83. The van der Waals surface area contributed by atoms with E-state index in [9.17, 15) is 18.3 Å². The van der Waals surface area contributed by atoms with Crippen molar-refractivity contribution in [3.05, 3.63) is 29.3 Å². The van der Waals surface area contributed by atoms with E-state index in [2.05, 4.69) is 5.32 Å². The van der Waals surface area contributed by atoms with E-state index in [1.54, 1.807) is 12.1 Å². The van der Waals surface area contributed by atoms with E-state index >= 15 is 0 Å². The van der Waals surface area contributed by atoms with Crippen LogP contribution in [0.15, 0.2) is 18.2 Å². The van der Waals surface area contributed by atoms with Crippen molar-refractivity contribution in [2.75, 3.05) is 25.2 Å². The summed E-state index contributed by atoms with van der Waals surface area (Å²) in [7, 11) is -3.30. The molecule has 0 saturated heterocycles. The number of sulfone groups is 1. The van der Waals surface area contributed by atoms with E-state index in [4.69, 9.17) is 4.74 Å². The largest absolute Gasteiger partial charge is 0.491 e. The number of amides is 1. The Kier molecular flexibility index (Phi) is 3.77. The Hall–Kier alpha value is -1.60. The summed E-state index contributed by atoms with van der Waals surface area (Å²) in [5.41, 5.74) is 0.687. The smallest absolute Gasteiger partial charge is 0.255 e. The molecule has 2 N–H and O–H groups in total. The number of rotatable bonds is 3. The van der Waals surface area contributed by atoms with Crippen LogP contribution in [0.25, 0.3) is 0 Å². The van der Waals surface area contributed by atoms with Gasteiger partial charge in [0.1, 0.15) is 22.2 Å². The number of carbonyl (C=O) groups excluding carboxylic acids is 1. The molecular weight excluding hydrogens is 270 g/mol. The molecule has 0 aromatic heterocycles. The van der Waals surface area contributed by atoms with Gasteiger partial charge in [0, 0.05) is 6.26 Å². The van der Waals surface area contributed by atoms with E-state index in [0.29, 0.717) is 30.0 Å². The lowest BCUT2D eigenvalue weighted by atomic mass is 10.1. The number of hydrogen-bond donors (Lipinski definition) is 2. The molecule has 0 radical (unpaired) electrons. The zero-order valence-electron chi connectivity index (χ0n) is 10.4. The van der Waals surface area contributed by atoms with Crippen molar-refractivity contribution in [3.63, 3.8) is 0 Å². The molecule has 0 fully saturated rings. The van der Waals surface area contributed by atoms with Crippen LogP contribution in [0.5, 0.6) is 5.75 Å². The van der Waals surface area contributed by atoms with Crippen LogP contribution in [0.1, 0.15) is 22.0 Å². The van der Waals surface area contributed by atoms with Crippen LogP contribution < -0.4 is 10.1 Å². The Morgan fingerprint density at radius 1 is 1.47 bits per heavy atom. The maximum absolute atomic E-state index is 11.8. The SMILES string of the molecule is CS(=O)(=O)CC(O)c1ccc2c(c1)C(=O)NCCO2. The van der Waals surface area contributed by atoms with Gasteiger partial charge in [0.15, 0.2) is 0 Å². The summed E-state index contributed by atoms with van der Waals surface area (Å²) < 4.78 is 27.7. The first-order chi connectivity index (χ1) is 8.87. The van der Waals surface area contributed by atoms with Crippen molar-refractivity contribution in [1.82, 2.24) is 5.32 Å². The lowest BCUT2D eigenvalue weighted by Crippen LogP contribution is -2.24. The number of ether oxygens (including phenoxy) is 1. The molecule has 2 rings (SSSR count). The fraction of sp³-hybridized carbons (Fsp3) is 0.417. The Bertz CT molecular complexity index is 596. The average Bonchev–Trinajstić information content (AvgIpc) is 2.49. The zero-order valence-corrected chi connectivity index (χ0v) is 11.2. The number of aliphatic hydroxyl groups is 1. The molecule has 19 heavy (non-hydrogen) atoms. The van der Waals surface area contributed by atoms with Gasteiger partial charge in [-0.3, -0.25) is 4.79 Å². The third-order valence-corrected chi connectivity index (χ3v) is 3.66. The van der Waals surface area contributed by atoms with E-state index < -0.39 is 15.9 Å². The van der Waals surface area contributed by atoms with Gasteiger partial charge in [0.05, 0.1) is 24.0 Å². The normalized spacial score (nSPS) is 16.8.